The number of H-pyrrole nitrogens is 1. The molecule has 48 heavy (non-hydrogen) atoms. The molecular weight excluding hydrogens is 618 g/mol. The fourth-order valence-electron chi connectivity index (χ4n) is 9.15. The highest BCUT2D eigenvalue weighted by Gasteiger charge is 2.49. The number of rotatable bonds is 3. The molecule has 1 amide bonds. The van der Waals surface area contributed by atoms with E-state index in [9.17, 15) is 9.18 Å². The maximum Gasteiger partial charge on any atom is 0.407 e. The van der Waals surface area contributed by atoms with Gasteiger partial charge in [0, 0.05) is 43.2 Å². The number of alkyl carbamates (subject to hydrolysis) is 1. The third-order valence-corrected chi connectivity index (χ3v) is 11.5. The van der Waals surface area contributed by atoms with Crippen LogP contribution in [0.5, 0.6) is 6.01 Å². The fourth-order valence-corrected chi connectivity index (χ4v) is 9.15. The maximum absolute atomic E-state index is 17.3. The van der Waals surface area contributed by atoms with Crippen LogP contribution in [0.1, 0.15) is 68.9 Å². The van der Waals surface area contributed by atoms with Gasteiger partial charge in [0.05, 0.1) is 34.8 Å². The predicted octanol–water partition coefficient (Wildman–Crippen LogP) is 5.56. The molecule has 1 saturated carbocycles. The lowest BCUT2D eigenvalue weighted by atomic mass is 9.90. The second kappa shape index (κ2) is 10.9. The van der Waals surface area contributed by atoms with E-state index in [1.54, 1.807) is 12.4 Å². The molecule has 5 aliphatic heterocycles. The number of ether oxygens (including phenoxy) is 2. The predicted molar refractivity (Wildman–Crippen MR) is 175 cm³/mol. The number of anilines is 1. The number of aromatic nitrogens is 5. The van der Waals surface area contributed by atoms with Crippen LogP contribution in [-0.4, -0.2) is 92.8 Å². The Morgan fingerprint density at radius 2 is 2.04 bits per heavy atom. The SMILES string of the molecule is Cc1cc2[nH]ncc2c2c1[C@H]1C[C@H]1CCOC(=O)N[C@]1(C)CCCN(C1)c1nc(OC[C@@]34CCCN3C[C@H](F)C4)nc3c(F)c-2ncc13. The molecule has 3 aromatic heterocycles. The van der Waals surface area contributed by atoms with Crippen molar-refractivity contribution in [1.82, 2.24) is 35.4 Å². The first kappa shape index (κ1) is 30.0. The summed E-state index contributed by atoms with van der Waals surface area (Å²) in [5.41, 5.74) is 2.90. The first-order valence-electron chi connectivity index (χ1n) is 17.3. The number of amides is 1. The molecule has 3 saturated heterocycles. The molecule has 0 spiro atoms. The highest BCUT2D eigenvalue weighted by atomic mass is 19.1. The highest BCUT2D eigenvalue weighted by Crippen LogP contribution is 2.55. The Bertz CT molecular complexity index is 1950. The molecule has 4 fully saturated rings. The molecule has 1 aliphatic carbocycles. The van der Waals surface area contributed by atoms with Gasteiger partial charge in [0.2, 0.25) is 0 Å². The van der Waals surface area contributed by atoms with Crippen molar-refractivity contribution >= 4 is 33.7 Å². The number of pyridine rings is 1. The Labute approximate surface area is 276 Å². The molecule has 6 aliphatic rings. The van der Waals surface area contributed by atoms with Crippen LogP contribution >= 0.6 is 0 Å². The molecule has 2 N–H and O–H groups in total. The summed E-state index contributed by atoms with van der Waals surface area (Å²) in [5, 5.41) is 11.7. The number of benzene rings is 1. The number of carbonyl (C=O) groups is 1. The topological polar surface area (TPSA) is 121 Å². The van der Waals surface area contributed by atoms with Crippen LogP contribution in [0.15, 0.2) is 18.5 Å². The largest absolute Gasteiger partial charge is 0.461 e. The van der Waals surface area contributed by atoms with E-state index in [1.165, 1.54) is 0 Å². The van der Waals surface area contributed by atoms with Crippen LogP contribution in [0.3, 0.4) is 0 Å². The standard InChI is InChI=1S/C35H40F2N8O3/c1-19-11-25-23(15-39-43-25)27-26(19)22-12-20(22)5-10-47-33(46)42-34(2)6-3-8-44(17-34)31-24-14-38-30(27)28(37)29(24)40-32(41-31)48-18-35-7-4-9-45(35)16-21(36)13-35/h11,14-15,20-22H,3-10,12-13,16-18H2,1-2H3,(H,39,43)(H,42,46)/t20-,21-,22+,34-,35+/m1/s1. The summed E-state index contributed by atoms with van der Waals surface area (Å²) in [7, 11) is 0. The van der Waals surface area contributed by atoms with Crippen LogP contribution in [0.25, 0.3) is 33.1 Å². The number of aryl methyl sites for hydroxylation is 1. The van der Waals surface area contributed by atoms with Crippen molar-refractivity contribution in [2.24, 2.45) is 5.92 Å². The second-order valence-corrected chi connectivity index (χ2v) is 14.9. The van der Waals surface area contributed by atoms with Gasteiger partial charge in [-0.2, -0.15) is 15.1 Å². The molecule has 0 radical (unpaired) electrons. The number of nitrogens with one attached hydrogen (secondary N) is 2. The molecule has 8 heterocycles. The number of piperidine rings is 1. The average molecular weight is 659 g/mol. The molecular formula is C35H40F2N8O3. The molecule has 252 valence electrons. The van der Waals surface area contributed by atoms with Gasteiger partial charge in [0.1, 0.15) is 29.8 Å². The van der Waals surface area contributed by atoms with E-state index >= 15 is 4.39 Å². The molecule has 5 atom stereocenters. The van der Waals surface area contributed by atoms with E-state index in [0.717, 1.165) is 60.7 Å². The monoisotopic (exact) mass is 658 g/mol. The second-order valence-electron chi connectivity index (χ2n) is 14.9. The number of halogens is 2. The highest BCUT2D eigenvalue weighted by molar-refractivity contribution is 6.00. The van der Waals surface area contributed by atoms with E-state index in [2.05, 4.69) is 31.4 Å². The average Bonchev–Trinajstić information content (AvgIpc) is 3.31. The van der Waals surface area contributed by atoms with E-state index in [-0.39, 0.29) is 29.7 Å². The molecule has 13 heteroatoms. The number of hydrogen-bond acceptors (Lipinski definition) is 9. The molecule has 11 nitrogen and oxygen atoms in total. The van der Waals surface area contributed by atoms with Crippen molar-refractivity contribution in [1.29, 1.82) is 0 Å². The number of carbonyl (C=O) groups excluding carboxylic acids is 1. The zero-order valence-corrected chi connectivity index (χ0v) is 27.3. The fraction of sp³-hybridized carbons (Fsp3) is 0.571. The van der Waals surface area contributed by atoms with Gasteiger partial charge in [-0.15, -0.1) is 0 Å². The summed E-state index contributed by atoms with van der Waals surface area (Å²) in [5.74, 6) is 0.413. The van der Waals surface area contributed by atoms with Crippen molar-refractivity contribution in [2.45, 2.75) is 82.0 Å². The van der Waals surface area contributed by atoms with Gasteiger partial charge in [-0.25, -0.2) is 13.6 Å². The number of alkyl halides is 1. The smallest absolute Gasteiger partial charge is 0.407 e. The zero-order chi connectivity index (χ0) is 32.8. The normalized spacial score (nSPS) is 30.2. The molecule has 10 rings (SSSR count). The lowest BCUT2D eigenvalue weighted by molar-refractivity contribution is 0.107. The third kappa shape index (κ3) is 4.87. The van der Waals surface area contributed by atoms with Crippen molar-refractivity contribution < 1.29 is 23.0 Å². The van der Waals surface area contributed by atoms with E-state index in [4.69, 9.17) is 24.4 Å². The van der Waals surface area contributed by atoms with Gasteiger partial charge in [0.25, 0.3) is 0 Å². The van der Waals surface area contributed by atoms with Gasteiger partial charge < -0.3 is 19.7 Å². The Morgan fingerprint density at radius 1 is 1.17 bits per heavy atom. The van der Waals surface area contributed by atoms with Gasteiger partial charge in [-0.05, 0) is 87.9 Å². The van der Waals surface area contributed by atoms with E-state index in [1.807, 2.05) is 13.8 Å². The third-order valence-electron chi connectivity index (χ3n) is 11.5. The Hall–Kier alpha value is -4.13. The zero-order valence-electron chi connectivity index (χ0n) is 27.3. The number of aromatic amines is 1. The lowest BCUT2D eigenvalue weighted by Gasteiger charge is -2.41. The van der Waals surface area contributed by atoms with Crippen LogP contribution < -0.4 is 15.0 Å². The molecule has 0 unspecified atom stereocenters. The molecule has 1 aromatic carbocycles. The summed E-state index contributed by atoms with van der Waals surface area (Å²) < 4.78 is 43.9. The number of hydrogen-bond donors (Lipinski definition) is 2. The van der Waals surface area contributed by atoms with Crippen molar-refractivity contribution in [2.75, 3.05) is 44.3 Å². The maximum atomic E-state index is 17.3. The number of nitrogens with zero attached hydrogens (tertiary/aromatic N) is 6. The summed E-state index contributed by atoms with van der Waals surface area (Å²) in [6.07, 6.45) is 7.44. The summed E-state index contributed by atoms with van der Waals surface area (Å²) in [6, 6.07) is 2.11. The van der Waals surface area contributed by atoms with E-state index in [0.29, 0.717) is 61.8 Å². The number of fused-ring (bicyclic) bond motifs is 7. The first-order chi connectivity index (χ1) is 23.2. The Kier molecular flexibility index (Phi) is 6.83. The minimum atomic E-state index is -0.899. The van der Waals surface area contributed by atoms with Gasteiger partial charge in [-0.3, -0.25) is 15.0 Å². The summed E-state index contributed by atoms with van der Waals surface area (Å²) >= 11 is 0. The van der Waals surface area contributed by atoms with Crippen LogP contribution in [0, 0.1) is 18.7 Å². The summed E-state index contributed by atoms with van der Waals surface area (Å²) in [4.78, 5) is 31.7. The Morgan fingerprint density at radius 3 is 2.94 bits per heavy atom. The molecule has 6 bridgehead atoms. The quantitative estimate of drug-likeness (QED) is 0.291. The van der Waals surface area contributed by atoms with Crippen molar-refractivity contribution in [3.05, 3.63) is 35.4 Å². The Balaban J connectivity index is 1.22. The van der Waals surface area contributed by atoms with Gasteiger partial charge >= 0.3 is 12.1 Å². The lowest BCUT2D eigenvalue weighted by Crippen LogP contribution is -2.57. The van der Waals surface area contributed by atoms with Crippen LogP contribution in [0.2, 0.25) is 0 Å². The van der Waals surface area contributed by atoms with Crippen molar-refractivity contribution in [3.63, 3.8) is 0 Å². The summed E-state index contributed by atoms with van der Waals surface area (Å²) in [6.45, 7) is 6.89. The van der Waals surface area contributed by atoms with Crippen LogP contribution in [-0.2, 0) is 4.74 Å². The van der Waals surface area contributed by atoms with Gasteiger partial charge in [-0.1, -0.05) is 0 Å². The van der Waals surface area contributed by atoms with Gasteiger partial charge in [0.15, 0.2) is 5.82 Å². The minimum absolute atomic E-state index is 0.0508. The minimum Gasteiger partial charge on any atom is -0.461 e. The first-order valence-corrected chi connectivity index (χ1v) is 17.3. The van der Waals surface area contributed by atoms with Crippen molar-refractivity contribution in [3.8, 4) is 17.3 Å². The molecule has 4 aromatic rings. The van der Waals surface area contributed by atoms with E-state index < -0.39 is 29.2 Å². The van der Waals surface area contributed by atoms with Crippen LogP contribution in [0.4, 0.5) is 19.4 Å².